The van der Waals surface area contributed by atoms with Crippen molar-refractivity contribution >= 4 is 41.8 Å². The summed E-state index contributed by atoms with van der Waals surface area (Å²) in [5.74, 6) is 1.83. The number of rotatable bonds is 8. The zero-order chi connectivity index (χ0) is 20.4. The van der Waals surface area contributed by atoms with Crippen LogP contribution in [0.2, 0.25) is 0 Å². The van der Waals surface area contributed by atoms with Gasteiger partial charge in [0.1, 0.15) is 11.5 Å². The maximum atomic E-state index is 12.4. The van der Waals surface area contributed by atoms with E-state index in [1.165, 1.54) is 0 Å². The van der Waals surface area contributed by atoms with E-state index in [0.717, 1.165) is 35.3 Å². The van der Waals surface area contributed by atoms with Crippen LogP contribution in [0, 0.1) is 5.92 Å². The Hall–Kier alpha value is -2.55. The number of hydrogen-bond donors (Lipinski definition) is 2. The fourth-order valence-corrected chi connectivity index (χ4v) is 3.36. The van der Waals surface area contributed by atoms with Crippen LogP contribution < -0.4 is 20.5 Å². The van der Waals surface area contributed by atoms with Gasteiger partial charge in [0.05, 0.1) is 32.5 Å². The summed E-state index contributed by atoms with van der Waals surface area (Å²) in [6.07, 6.45) is 5.60. The van der Waals surface area contributed by atoms with Gasteiger partial charge in [-0.05, 0) is 37.0 Å². The van der Waals surface area contributed by atoms with Crippen LogP contribution in [0.4, 0.5) is 0 Å². The van der Waals surface area contributed by atoms with E-state index in [1.807, 2.05) is 18.2 Å². The third-order valence-electron chi connectivity index (χ3n) is 5.28. The van der Waals surface area contributed by atoms with Crippen molar-refractivity contribution in [3.63, 3.8) is 0 Å². The molecule has 0 saturated heterocycles. The highest BCUT2D eigenvalue weighted by Gasteiger charge is 2.28. The van der Waals surface area contributed by atoms with Gasteiger partial charge >= 0.3 is 0 Å². The molecular formula is C21H27Cl2N5O3. The van der Waals surface area contributed by atoms with Crippen molar-refractivity contribution in [2.45, 2.75) is 25.4 Å². The summed E-state index contributed by atoms with van der Waals surface area (Å²) in [5.41, 5.74) is 8.21. The molecule has 0 bridgehead atoms. The lowest BCUT2D eigenvalue weighted by Crippen LogP contribution is -2.38. The van der Waals surface area contributed by atoms with Crippen molar-refractivity contribution in [1.82, 2.24) is 20.1 Å². The molecule has 8 nitrogen and oxygen atoms in total. The van der Waals surface area contributed by atoms with Crippen LogP contribution in [-0.4, -0.2) is 47.5 Å². The predicted molar refractivity (Wildman–Crippen MR) is 124 cm³/mol. The predicted octanol–water partition coefficient (Wildman–Crippen LogP) is 2.81. The van der Waals surface area contributed by atoms with Gasteiger partial charge in [0.25, 0.3) is 5.91 Å². The smallest absolute Gasteiger partial charge is 0.252 e. The molecule has 1 aliphatic rings. The van der Waals surface area contributed by atoms with Gasteiger partial charge in [-0.15, -0.1) is 24.8 Å². The molecule has 1 amide bonds. The zero-order valence-electron chi connectivity index (χ0n) is 17.4. The van der Waals surface area contributed by atoms with Crippen molar-refractivity contribution in [3.05, 3.63) is 47.8 Å². The standard InChI is InChI=1S/C21H25N5O3.2ClH/c1-28-17-6-5-14(19(8-17)29-2)12-26-20-15(10-25-26)7-16(9-23-20)21(27)24-11-18(22)13-3-4-13;;/h5-10,13,18H,3-4,11-12,22H2,1-2H3,(H,24,27);2*1H. The Kier molecular flexibility index (Phi) is 8.50. The Bertz CT molecular complexity index is 1040. The summed E-state index contributed by atoms with van der Waals surface area (Å²) >= 11 is 0. The molecule has 3 aromatic rings. The number of carbonyl (C=O) groups excluding carboxylic acids is 1. The number of nitrogens with one attached hydrogen (secondary N) is 1. The van der Waals surface area contributed by atoms with Crippen molar-refractivity contribution in [2.75, 3.05) is 20.8 Å². The average molecular weight is 468 g/mol. The van der Waals surface area contributed by atoms with E-state index in [4.69, 9.17) is 15.2 Å². The minimum absolute atomic E-state index is 0. The largest absolute Gasteiger partial charge is 0.497 e. The molecule has 1 fully saturated rings. The fraction of sp³-hybridized carbons (Fsp3) is 0.381. The van der Waals surface area contributed by atoms with Crippen molar-refractivity contribution < 1.29 is 14.3 Å². The third-order valence-corrected chi connectivity index (χ3v) is 5.28. The number of halogens is 2. The molecule has 4 rings (SSSR count). The van der Waals surface area contributed by atoms with Crippen molar-refractivity contribution in [2.24, 2.45) is 11.7 Å². The monoisotopic (exact) mass is 467 g/mol. The molecule has 0 spiro atoms. The molecule has 0 radical (unpaired) electrons. The lowest BCUT2D eigenvalue weighted by molar-refractivity contribution is 0.0950. The molecule has 31 heavy (non-hydrogen) atoms. The number of amides is 1. The quantitative estimate of drug-likeness (QED) is 0.527. The first-order chi connectivity index (χ1) is 14.1. The number of nitrogens with two attached hydrogens (primary N) is 1. The van der Waals surface area contributed by atoms with Crippen LogP contribution in [0.15, 0.2) is 36.7 Å². The van der Waals surface area contributed by atoms with Crippen LogP contribution in [0.25, 0.3) is 11.0 Å². The highest BCUT2D eigenvalue weighted by Crippen LogP contribution is 2.31. The highest BCUT2D eigenvalue weighted by atomic mass is 35.5. The van der Waals surface area contributed by atoms with Gasteiger partial charge in [-0.1, -0.05) is 0 Å². The van der Waals surface area contributed by atoms with Crippen LogP contribution in [0.5, 0.6) is 11.5 Å². The second-order valence-corrected chi connectivity index (χ2v) is 7.33. The van der Waals surface area contributed by atoms with Gasteiger partial charge in [-0.2, -0.15) is 5.10 Å². The van der Waals surface area contributed by atoms with E-state index in [9.17, 15) is 4.79 Å². The molecule has 2 heterocycles. The minimum atomic E-state index is -0.167. The Morgan fingerprint density at radius 2 is 2.00 bits per heavy atom. The van der Waals surface area contributed by atoms with Gasteiger partial charge < -0.3 is 20.5 Å². The molecule has 1 aliphatic carbocycles. The van der Waals surface area contributed by atoms with Crippen LogP contribution in [0.3, 0.4) is 0 Å². The molecule has 1 atom stereocenters. The second-order valence-electron chi connectivity index (χ2n) is 7.33. The lowest BCUT2D eigenvalue weighted by atomic mass is 10.2. The van der Waals surface area contributed by atoms with Crippen LogP contribution in [-0.2, 0) is 6.54 Å². The molecule has 3 N–H and O–H groups in total. The number of fused-ring (bicyclic) bond motifs is 1. The molecule has 0 aliphatic heterocycles. The number of ether oxygens (including phenoxy) is 2. The third kappa shape index (κ3) is 5.58. The number of methoxy groups -OCH3 is 2. The van der Waals surface area contributed by atoms with Gasteiger partial charge in [-0.25, -0.2) is 9.67 Å². The molecule has 168 valence electrons. The Balaban J connectivity index is 0.00000171. The van der Waals surface area contributed by atoms with E-state index in [2.05, 4.69) is 15.4 Å². The summed E-state index contributed by atoms with van der Waals surface area (Å²) in [7, 11) is 3.24. The Labute approximate surface area is 193 Å². The first-order valence-corrected chi connectivity index (χ1v) is 9.65. The lowest BCUT2D eigenvalue weighted by Gasteiger charge is -2.12. The zero-order valence-corrected chi connectivity index (χ0v) is 19.0. The summed E-state index contributed by atoms with van der Waals surface area (Å²) < 4.78 is 12.5. The van der Waals surface area contributed by atoms with E-state index in [-0.39, 0.29) is 36.8 Å². The molecule has 1 saturated carbocycles. The SMILES string of the molecule is COc1ccc(Cn2ncc3cc(C(=O)NCC(N)C4CC4)cnc32)c(OC)c1.Cl.Cl. The Morgan fingerprint density at radius 1 is 1.23 bits per heavy atom. The van der Waals surface area contributed by atoms with E-state index >= 15 is 0 Å². The van der Waals surface area contributed by atoms with Gasteiger partial charge in [-0.3, -0.25) is 4.79 Å². The van der Waals surface area contributed by atoms with Gasteiger partial charge in [0.15, 0.2) is 5.65 Å². The average Bonchev–Trinajstić information content (AvgIpc) is 3.53. The number of carbonyl (C=O) groups is 1. The van der Waals surface area contributed by atoms with Gasteiger partial charge in [0, 0.05) is 35.8 Å². The Morgan fingerprint density at radius 3 is 2.68 bits per heavy atom. The molecular weight excluding hydrogens is 441 g/mol. The first kappa shape index (κ1) is 24.7. The van der Waals surface area contributed by atoms with E-state index < -0.39 is 0 Å². The summed E-state index contributed by atoms with van der Waals surface area (Å²) in [6.45, 7) is 0.976. The summed E-state index contributed by atoms with van der Waals surface area (Å²) in [4.78, 5) is 16.9. The fourth-order valence-electron chi connectivity index (χ4n) is 3.36. The molecule has 2 aromatic heterocycles. The van der Waals surface area contributed by atoms with Crippen LogP contribution >= 0.6 is 24.8 Å². The number of nitrogens with zero attached hydrogens (tertiary/aromatic N) is 3. The summed E-state index contributed by atoms with van der Waals surface area (Å²) in [5, 5.41) is 8.13. The second kappa shape index (κ2) is 10.7. The van der Waals surface area contributed by atoms with Crippen molar-refractivity contribution in [3.8, 4) is 11.5 Å². The molecule has 1 aromatic carbocycles. The van der Waals surface area contributed by atoms with Crippen molar-refractivity contribution in [1.29, 1.82) is 0 Å². The number of aromatic nitrogens is 3. The molecule has 1 unspecified atom stereocenters. The topological polar surface area (TPSA) is 104 Å². The first-order valence-electron chi connectivity index (χ1n) is 9.65. The molecule has 10 heteroatoms. The maximum Gasteiger partial charge on any atom is 0.252 e. The maximum absolute atomic E-state index is 12.4. The normalized spacial score (nSPS) is 13.6. The highest BCUT2D eigenvalue weighted by molar-refractivity contribution is 5.96. The summed E-state index contributed by atoms with van der Waals surface area (Å²) in [6, 6.07) is 7.48. The van der Waals surface area contributed by atoms with E-state index in [0.29, 0.717) is 30.2 Å². The number of hydrogen-bond acceptors (Lipinski definition) is 6. The number of pyridine rings is 1. The minimum Gasteiger partial charge on any atom is -0.497 e. The van der Waals surface area contributed by atoms with Crippen LogP contribution in [0.1, 0.15) is 28.8 Å². The van der Waals surface area contributed by atoms with E-state index in [1.54, 1.807) is 37.4 Å². The van der Waals surface area contributed by atoms with Gasteiger partial charge in [0.2, 0.25) is 0 Å². The number of benzene rings is 1.